The van der Waals surface area contributed by atoms with E-state index in [0.29, 0.717) is 5.69 Å². The van der Waals surface area contributed by atoms with Crippen LogP contribution in [0.2, 0.25) is 0 Å². The summed E-state index contributed by atoms with van der Waals surface area (Å²) < 4.78 is 0.951. The van der Waals surface area contributed by atoms with Crippen molar-refractivity contribution in [2.75, 3.05) is 5.32 Å². The van der Waals surface area contributed by atoms with E-state index in [4.69, 9.17) is 5.11 Å². The third kappa shape index (κ3) is 3.86. The summed E-state index contributed by atoms with van der Waals surface area (Å²) in [5, 5.41) is 10.9. The molecule has 16 heavy (non-hydrogen) atoms. The molecule has 0 heterocycles. The van der Waals surface area contributed by atoms with Crippen molar-refractivity contribution in [1.82, 2.24) is 0 Å². The molecular weight excluding hydrogens is 274 g/mol. The minimum absolute atomic E-state index is 0.468. The number of benzene rings is 1. The number of amides is 1. The first kappa shape index (κ1) is 12.4. The molecule has 0 radical (unpaired) electrons. The van der Waals surface area contributed by atoms with E-state index in [0.717, 1.165) is 22.2 Å². The number of carboxylic acids is 1. The Morgan fingerprint density at radius 2 is 2.06 bits per heavy atom. The second-order valence-electron chi connectivity index (χ2n) is 3.12. The van der Waals surface area contributed by atoms with Gasteiger partial charge in [0, 0.05) is 22.3 Å². The number of carbonyl (C=O) groups excluding carboxylic acids is 1. The SMILES string of the molecule is Cc1cc(NC(=O)/C=C\C(=O)O)ccc1Br. The van der Waals surface area contributed by atoms with Gasteiger partial charge < -0.3 is 10.4 Å². The number of carbonyl (C=O) groups is 2. The van der Waals surface area contributed by atoms with E-state index < -0.39 is 11.9 Å². The molecule has 0 aliphatic heterocycles. The van der Waals surface area contributed by atoms with Crippen LogP contribution < -0.4 is 5.32 Å². The number of nitrogens with one attached hydrogen (secondary N) is 1. The van der Waals surface area contributed by atoms with Gasteiger partial charge in [0.05, 0.1) is 0 Å². The lowest BCUT2D eigenvalue weighted by atomic mass is 10.2. The van der Waals surface area contributed by atoms with Crippen molar-refractivity contribution in [2.24, 2.45) is 0 Å². The fraction of sp³-hybridized carbons (Fsp3) is 0.0909. The zero-order valence-corrected chi connectivity index (χ0v) is 10.1. The molecule has 84 valence electrons. The zero-order chi connectivity index (χ0) is 12.1. The maximum atomic E-state index is 11.2. The van der Waals surface area contributed by atoms with Crippen molar-refractivity contribution in [1.29, 1.82) is 0 Å². The zero-order valence-electron chi connectivity index (χ0n) is 8.53. The standard InChI is InChI=1S/C11H10BrNO3/c1-7-6-8(2-3-9(7)12)13-10(14)4-5-11(15)16/h2-6H,1H3,(H,13,14)(H,15,16)/b5-4-. The van der Waals surface area contributed by atoms with E-state index in [-0.39, 0.29) is 0 Å². The molecular formula is C11H10BrNO3. The molecule has 4 nitrogen and oxygen atoms in total. The Labute approximate surface area is 101 Å². The van der Waals surface area contributed by atoms with Gasteiger partial charge in [0.2, 0.25) is 5.91 Å². The molecule has 0 unspecified atom stereocenters. The van der Waals surface area contributed by atoms with Crippen molar-refractivity contribution in [3.05, 3.63) is 40.4 Å². The molecule has 0 bridgehead atoms. The summed E-state index contributed by atoms with van der Waals surface area (Å²) in [7, 11) is 0. The second kappa shape index (κ2) is 5.46. The predicted octanol–water partition coefficient (Wildman–Crippen LogP) is 2.34. The Bertz CT molecular complexity index is 455. The van der Waals surface area contributed by atoms with Gasteiger partial charge in [-0.3, -0.25) is 4.79 Å². The maximum Gasteiger partial charge on any atom is 0.328 e. The van der Waals surface area contributed by atoms with Crippen LogP contribution in [0.25, 0.3) is 0 Å². The predicted molar refractivity (Wildman–Crippen MR) is 64.3 cm³/mol. The largest absolute Gasteiger partial charge is 0.478 e. The molecule has 0 spiro atoms. The van der Waals surface area contributed by atoms with Gasteiger partial charge in [0.15, 0.2) is 0 Å². The highest BCUT2D eigenvalue weighted by Crippen LogP contribution is 2.19. The number of aryl methyl sites for hydroxylation is 1. The van der Waals surface area contributed by atoms with Crippen molar-refractivity contribution < 1.29 is 14.7 Å². The molecule has 0 fully saturated rings. The Balaban J connectivity index is 2.70. The van der Waals surface area contributed by atoms with E-state index >= 15 is 0 Å². The first-order chi connectivity index (χ1) is 7.49. The van der Waals surface area contributed by atoms with Crippen LogP contribution in [-0.2, 0) is 9.59 Å². The number of hydrogen-bond acceptors (Lipinski definition) is 2. The molecule has 1 amide bonds. The molecule has 1 aromatic rings. The van der Waals surface area contributed by atoms with E-state index in [9.17, 15) is 9.59 Å². The maximum absolute atomic E-state index is 11.2. The number of anilines is 1. The summed E-state index contributed by atoms with van der Waals surface area (Å²) in [6.45, 7) is 1.90. The van der Waals surface area contributed by atoms with Gasteiger partial charge in [0.1, 0.15) is 0 Å². The Morgan fingerprint density at radius 3 is 2.62 bits per heavy atom. The third-order valence-corrected chi connectivity index (χ3v) is 2.69. The number of rotatable bonds is 3. The minimum atomic E-state index is -1.15. The van der Waals surface area contributed by atoms with Crippen molar-refractivity contribution in [2.45, 2.75) is 6.92 Å². The molecule has 0 saturated carbocycles. The van der Waals surface area contributed by atoms with Crippen molar-refractivity contribution >= 4 is 33.5 Å². The smallest absolute Gasteiger partial charge is 0.328 e. The molecule has 0 atom stereocenters. The molecule has 0 saturated heterocycles. The molecule has 2 N–H and O–H groups in total. The highest BCUT2D eigenvalue weighted by molar-refractivity contribution is 9.10. The molecule has 0 aliphatic rings. The van der Waals surface area contributed by atoms with E-state index in [1.165, 1.54) is 0 Å². The van der Waals surface area contributed by atoms with Gasteiger partial charge in [-0.15, -0.1) is 0 Å². The third-order valence-electron chi connectivity index (χ3n) is 1.80. The number of hydrogen-bond donors (Lipinski definition) is 2. The van der Waals surface area contributed by atoms with Crippen LogP contribution >= 0.6 is 15.9 Å². The topological polar surface area (TPSA) is 66.4 Å². The lowest BCUT2D eigenvalue weighted by Gasteiger charge is -2.04. The lowest BCUT2D eigenvalue weighted by Crippen LogP contribution is -2.08. The van der Waals surface area contributed by atoms with Crippen LogP contribution in [0.5, 0.6) is 0 Å². The van der Waals surface area contributed by atoms with E-state index in [2.05, 4.69) is 21.2 Å². The molecule has 5 heteroatoms. The van der Waals surface area contributed by atoms with Gasteiger partial charge >= 0.3 is 5.97 Å². The van der Waals surface area contributed by atoms with Crippen LogP contribution in [-0.4, -0.2) is 17.0 Å². The van der Waals surface area contributed by atoms with Crippen molar-refractivity contribution in [3.8, 4) is 0 Å². The average molecular weight is 284 g/mol. The van der Waals surface area contributed by atoms with E-state index in [1.54, 1.807) is 12.1 Å². The fourth-order valence-corrected chi connectivity index (χ4v) is 1.30. The Hall–Kier alpha value is -1.62. The minimum Gasteiger partial charge on any atom is -0.478 e. The van der Waals surface area contributed by atoms with Crippen LogP contribution in [0.15, 0.2) is 34.8 Å². The Morgan fingerprint density at radius 1 is 1.38 bits per heavy atom. The quantitative estimate of drug-likeness (QED) is 0.837. The van der Waals surface area contributed by atoms with Gasteiger partial charge in [0.25, 0.3) is 0 Å². The molecule has 1 rings (SSSR count). The highest BCUT2D eigenvalue weighted by Gasteiger charge is 2.00. The number of halogens is 1. The van der Waals surface area contributed by atoms with Crippen LogP contribution in [0.3, 0.4) is 0 Å². The highest BCUT2D eigenvalue weighted by atomic mass is 79.9. The summed E-state index contributed by atoms with van der Waals surface area (Å²) in [6.07, 6.45) is 1.76. The number of aliphatic carboxylic acids is 1. The van der Waals surface area contributed by atoms with Gasteiger partial charge in [-0.25, -0.2) is 4.79 Å². The molecule has 0 aliphatic carbocycles. The van der Waals surface area contributed by atoms with Crippen LogP contribution in [0.1, 0.15) is 5.56 Å². The second-order valence-corrected chi connectivity index (χ2v) is 3.98. The van der Waals surface area contributed by atoms with Gasteiger partial charge in [-0.1, -0.05) is 15.9 Å². The summed E-state index contributed by atoms with van der Waals surface area (Å²) in [5.41, 5.74) is 1.61. The van der Waals surface area contributed by atoms with E-state index in [1.807, 2.05) is 13.0 Å². The summed E-state index contributed by atoms with van der Waals surface area (Å²) in [6, 6.07) is 5.33. The van der Waals surface area contributed by atoms with Crippen molar-refractivity contribution in [3.63, 3.8) is 0 Å². The van der Waals surface area contributed by atoms with Crippen LogP contribution in [0.4, 0.5) is 5.69 Å². The normalized spacial score (nSPS) is 10.4. The lowest BCUT2D eigenvalue weighted by molar-refractivity contribution is -0.131. The summed E-state index contributed by atoms with van der Waals surface area (Å²) in [4.78, 5) is 21.4. The van der Waals surface area contributed by atoms with Gasteiger partial charge in [-0.05, 0) is 30.7 Å². The molecule has 0 aromatic heterocycles. The Kier molecular flexibility index (Phi) is 4.25. The fourth-order valence-electron chi connectivity index (χ4n) is 1.05. The first-order valence-corrected chi connectivity index (χ1v) is 5.26. The monoisotopic (exact) mass is 283 g/mol. The number of carboxylic acid groups (broad SMARTS) is 1. The average Bonchev–Trinajstić information content (AvgIpc) is 2.21. The van der Waals surface area contributed by atoms with Crippen LogP contribution in [0, 0.1) is 6.92 Å². The first-order valence-electron chi connectivity index (χ1n) is 4.47. The summed E-state index contributed by atoms with van der Waals surface area (Å²) in [5.74, 6) is -1.62. The molecule has 1 aromatic carbocycles. The van der Waals surface area contributed by atoms with Gasteiger partial charge in [-0.2, -0.15) is 0 Å². The summed E-state index contributed by atoms with van der Waals surface area (Å²) >= 11 is 3.34.